The number of halogens is 1. The lowest BCUT2D eigenvalue weighted by atomic mass is 10.2. The number of aryl methyl sites for hydroxylation is 1. The number of anilines is 1. The molecule has 0 saturated heterocycles. The van der Waals surface area contributed by atoms with Crippen LogP contribution in [0.4, 0.5) is 10.3 Å². The van der Waals surface area contributed by atoms with Crippen molar-refractivity contribution in [2.75, 3.05) is 11.9 Å². The largest absolute Gasteiger partial charge is 0.438 e. The van der Waals surface area contributed by atoms with Crippen molar-refractivity contribution < 1.29 is 9.13 Å². The van der Waals surface area contributed by atoms with Crippen molar-refractivity contribution in [3.63, 3.8) is 0 Å². The lowest BCUT2D eigenvalue weighted by Gasteiger charge is -2.08. The van der Waals surface area contributed by atoms with Crippen LogP contribution in [0.25, 0.3) is 11.0 Å². The fraction of sp³-hybridized carbons (Fsp3) is 0.214. The quantitative estimate of drug-likeness (QED) is 0.771. The summed E-state index contributed by atoms with van der Waals surface area (Å²) in [5.41, 5.74) is 1.12. The summed E-state index contributed by atoms with van der Waals surface area (Å²) in [6, 6.07) is 4.68. The molecule has 0 aliphatic heterocycles. The molecule has 0 aliphatic rings. The van der Waals surface area contributed by atoms with Crippen molar-refractivity contribution >= 4 is 17.0 Å². The van der Waals surface area contributed by atoms with Crippen LogP contribution in [-0.2, 0) is 0 Å². The maximum Gasteiger partial charge on any atom is 0.235 e. The number of hydrogen-bond donors (Lipinski definition) is 2. The van der Waals surface area contributed by atoms with E-state index in [2.05, 4.69) is 25.5 Å². The second-order valence-corrected chi connectivity index (χ2v) is 4.53. The predicted molar refractivity (Wildman–Crippen MR) is 77.1 cm³/mol. The summed E-state index contributed by atoms with van der Waals surface area (Å²) in [6.45, 7) is 4.32. The molecule has 0 bridgehead atoms. The molecule has 2 N–H and O–H groups in total. The lowest BCUT2D eigenvalue weighted by molar-refractivity contribution is 0.463. The number of aromatic amines is 1. The molecule has 0 saturated carbocycles. The van der Waals surface area contributed by atoms with Gasteiger partial charge in [-0.05, 0) is 25.5 Å². The highest BCUT2D eigenvalue weighted by molar-refractivity contribution is 5.80. The highest BCUT2D eigenvalue weighted by Gasteiger charge is 2.12. The van der Waals surface area contributed by atoms with E-state index in [0.717, 1.165) is 0 Å². The zero-order valence-corrected chi connectivity index (χ0v) is 11.6. The van der Waals surface area contributed by atoms with Gasteiger partial charge in [0, 0.05) is 12.6 Å². The summed E-state index contributed by atoms with van der Waals surface area (Å²) in [7, 11) is 0. The molecule has 1 aromatic carbocycles. The summed E-state index contributed by atoms with van der Waals surface area (Å²) in [5, 5.41) is 10.3. The standard InChI is InChI=1S/C14H14FN5O/c1-3-16-14-18-12-10(7-17-20-12)13(19-14)21-9-5-4-8(2)11(15)6-9/h4-7H,3H2,1-2H3,(H2,16,17,18,19,20). The molecule has 3 rings (SSSR count). The lowest BCUT2D eigenvalue weighted by Crippen LogP contribution is -2.03. The number of benzene rings is 1. The highest BCUT2D eigenvalue weighted by Crippen LogP contribution is 2.28. The van der Waals surface area contributed by atoms with Crippen LogP contribution < -0.4 is 10.1 Å². The average molecular weight is 287 g/mol. The van der Waals surface area contributed by atoms with E-state index in [1.807, 2.05) is 6.92 Å². The van der Waals surface area contributed by atoms with Gasteiger partial charge in [-0.2, -0.15) is 15.1 Å². The molecule has 108 valence electrons. The zero-order valence-electron chi connectivity index (χ0n) is 11.6. The number of ether oxygens (including phenoxy) is 1. The number of fused-ring (bicyclic) bond motifs is 1. The van der Waals surface area contributed by atoms with Gasteiger partial charge in [-0.15, -0.1) is 0 Å². The van der Waals surface area contributed by atoms with Crippen molar-refractivity contribution in [3.05, 3.63) is 35.8 Å². The number of aromatic nitrogens is 4. The molecular formula is C14H14FN5O. The van der Waals surface area contributed by atoms with Crippen LogP contribution in [0.3, 0.4) is 0 Å². The van der Waals surface area contributed by atoms with Gasteiger partial charge in [-0.1, -0.05) is 6.07 Å². The Morgan fingerprint density at radius 2 is 2.19 bits per heavy atom. The van der Waals surface area contributed by atoms with Gasteiger partial charge in [0.05, 0.1) is 6.20 Å². The topological polar surface area (TPSA) is 75.7 Å². The van der Waals surface area contributed by atoms with Crippen LogP contribution in [-0.4, -0.2) is 26.7 Å². The minimum atomic E-state index is -0.322. The van der Waals surface area contributed by atoms with E-state index < -0.39 is 0 Å². The second-order valence-electron chi connectivity index (χ2n) is 4.53. The summed E-state index contributed by atoms with van der Waals surface area (Å²) in [5.74, 6) is 0.809. The van der Waals surface area contributed by atoms with Gasteiger partial charge >= 0.3 is 0 Å². The molecule has 0 atom stereocenters. The monoisotopic (exact) mass is 287 g/mol. The SMILES string of the molecule is CCNc1nc(Oc2ccc(C)c(F)c2)c2cn[nH]c2n1. The second kappa shape index (κ2) is 5.35. The van der Waals surface area contributed by atoms with E-state index in [0.29, 0.717) is 40.7 Å². The highest BCUT2D eigenvalue weighted by atomic mass is 19.1. The van der Waals surface area contributed by atoms with Gasteiger partial charge in [0.1, 0.15) is 17.0 Å². The minimum absolute atomic E-state index is 0.322. The third-order valence-corrected chi connectivity index (χ3v) is 2.97. The molecule has 0 spiro atoms. The Labute approximate surface area is 120 Å². The Bertz CT molecular complexity index is 786. The fourth-order valence-corrected chi connectivity index (χ4v) is 1.87. The molecule has 2 heterocycles. The van der Waals surface area contributed by atoms with Crippen molar-refractivity contribution in [3.8, 4) is 11.6 Å². The van der Waals surface area contributed by atoms with E-state index in [1.165, 1.54) is 6.07 Å². The summed E-state index contributed by atoms with van der Waals surface area (Å²) in [4.78, 5) is 8.55. The Morgan fingerprint density at radius 3 is 2.95 bits per heavy atom. The Hall–Kier alpha value is -2.70. The molecule has 0 aliphatic carbocycles. The molecular weight excluding hydrogens is 273 g/mol. The number of rotatable bonds is 4. The third kappa shape index (κ3) is 2.62. The summed E-state index contributed by atoms with van der Waals surface area (Å²) < 4.78 is 19.3. The molecule has 0 unspecified atom stereocenters. The summed E-state index contributed by atoms with van der Waals surface area (Å²) >= 11 is 0. The van der Waals surface area contributed by atoms with Gasteiger partial charge in [-0.3, -0.25) is 5.10 Å². The summed E-state index contributed by atoms with van der Waals surface area (Å²) in [6.07, 6.45) is 1.57. The van der Waals surface area contributed by atoms with Crippen molar-refractivity contribution in [2.45, 2.75) is 13.8 Å². The van der Waals surface area contributed by atoms with Crippen LogP contribution in [0.1, 0.15) is 12.5 Å². The van der Waals surface area contributed by atoms with Crippen LogP contribution in [0.15, 0.2) is 24.4 Å². The van der Waals surface area contributed by atoms with Gasteiger partial charge in [-0.25, -0.2) is 4.39 Å². The van der Waals surface area contributed by atoms with Crippen LogP contribution >= 0.6 is 0 Å². The van der Waals surface area contributed by atoms with E-state index in [-0.39, 0.29) is 5.82 Å². The molecule has 6 nitrogen and oxygen atoms in total. The van der Waals surface area contributed by atoms with Gasteiger partial charge < -0.3 is 10.1 Å². The van der Waals surface area contributed by atoms with Crippen molar-refractivity contribution in [1.29, 1.82) is 0 Å². The normalized spacial score (nSPS) is 10.8. The molecule has 0 radical (unpaired) electrons. The molecule has 2 aromatic heterocycles. The molecule has 0 amide bonds. The smallest absolute Gasteiger partial charge is 0.235 e. The number of nitrogens with one attached hydrogen (secondary N) is 2. The molecule has 0 fully saturated rings. The zero-order chi connectivity index (χ0) is 14.8. The van der Waals surface area contributed by atoms with Gasteiger partial charge in [0.25, 0.3) is 0 Å². The van der Waals surface area contributed by atoms with E-state index in [4.69, 9.17) is 4.74 Å². The van der Waals surface area contributed by atoms with Gasteiger partial charge in [0.15, 0.2) is 5.65 Å². The maximum atomic E-state index is 13.6. The number of H-pyrrole nitrogens is 1. The minimum Gasteiger partial charge on any atom is -0.438 e. The van der Waals surface area contributed by atoms with Crippen molar-refractivity contribution in [2.24, 2.45) is 0 Å². The first-order valence-electron chi connectivity index (χ1n) is 6.56. The molecule has 21 heavy (non-hydrogen) atoms. The fourth-order valence-electron chi connectivity index (χ4n) is 1.87. The Kier molecular flexibility index (Phi) is 3.39. The number of hydrogen-bond acceptors (Lipinski definition) is 5. The average Bonchev–Trinajstić information content (AvgIpc) is 2.92. The van der Waals surface area contributed by atoms with E-state index >= 15 is 0 Å². The first-order valence-corrected chi connectivity index (χ1v) is 6.56. The first-order chi connectivity index (χ1) is 10.2. The maximum absolute atomic E-state index is 13.6. The van der Waals surface area contributed by atoms with Crippen LogP contribution in [0, 0.1) is 12.7 Å². The van der Waals surface area contributed by atoms with Gasteiger partial charge in [0.2, 0.25) is 11.8 Å². The molecule has 7 heteroatoms. The Balaban J connectivity index is 2.01. The van der Waals surface area contributed by atoms with E-state index in [9.17, 15) is 4.39 Å². The van der Waals surface area contributed by atoms with Crippen LogP contribution in [0.2, 0.25) is 0 Å². The molecule has 3 aromatic rings. The van der Waals surface area contributed by atoms with Crippen LogP contribution in [0.5, 0.6) is 11.6 Å². The number of nitrogens with zero attached hydrogens (tertiary/aromatic N) is 3. The third-order valence-electron chi connectivity index (χ3n) is 2.97. The first kappa shape index (κ1) is 13.3. The van der Waals surface area contributed by atoms with E-state index in [1.54, 1.807) is 25.3 Å². The van der Waals surface area contributed by atoms with Crippen molar-refractivity contribution in [1.82, 2.24) is 20.2 Å². The predicted octanol–water partition coefficient (Wildman–Crippen LogP) is 3.02. The Morgan fingerprint density at radius 1 is 1.33 bits per heavy atom.